The summed E-state index contributed by atoms with van der Waals surface area (Å²) in [5.41, 5.74) is 4.13. The molecule has 0 amide bonds. The van der Waals surface area contributed by atoms with Gasteiger partial charge in [0.15, 0.2) is 0 Å². The van der Waals surface area contributed by atoms with Gasteiger partial charge < -0.3 is 0 Å². The van der Waals surface area contributed by atoms with Crippen molar-refractivity contribution < 1.29 is 12.8 Å². The Bertz CT molecular complexity index is 863. The van der Waals surface area contributed by atoms with Gasteiger partial charge in [0.05, 0.1) is 10.6 Å². The Hall–Kier alpha value is -1.59. The lowest BCUT2D eigenvalue weighted by Crippen LogP contribution is -2.18. The van der Waals surface area contributed by atoms with Gasteiger partial charge in [-0.2, -0.15) is 0 Å². The van der Waals surface area contributed by atoms with Gasteiger partial charge >= 0.3 is 0 Å². The first kappa shape index (κ1) is 17.8. The molecule has 3 nitrogen and oxygen atoms in total. The van der Waals surface area contributed by atoms with Crippen molar-refractivity contribution in [3.05, 3.63) is 56.9 Å². The van der Waals surface area contributed by atoms with Crippen molar-refractivity contribution in [2.45, 2.75) is 39.5 Å². The van der Waals surface area contributed by atoms with Gasteiger partial charge in [0, 0.05) is 5.02 Å². The van der Waals surface area contributed by atoms with E-state index in [1.54, 1.807) is 13.8 Å². The molecule has 0 aromatic heterocycles. The Kier molecular flexibility index (Phi) is 4.74. The highest BCUT2D eigenvalue weighted by molar-refractivity contribution is 7.92. The molecule has 0 saturated heterocycles. The highest BCUT2D eigenvalue weighted by atomic mass is 35.5. The van der Waals surface area contributed by atoms with Crippen molar-refractivity contribution in [2.24, 2.45) is 0 Å². The fourth-order valence-electron chi connectivity index (χ4n) is 2.64. The lowest BCUT2D eigenvalue weighted by molar-refractivity contribution is 0.597. The Morgan fingerprint density at radius 3 is 1.87 bits per heavy atom. The third-order valence-electron chi connectivity index (χ3n) is 4.38. The highest BCUT2D eigenvalue weighted by Gasteiger charge is 2.24. The van der Waals surface area contributed by atoms with E-state index in [0.29, 0.717) is 11.1 Å². The summed E-state index contributed by atoms with van der Waals surface area (Å²) in [5.74, 6) is -0.711. The molecule has 0 radical (unpaired) electrons. The summed E-state index contributed by atoms with van der Waals surface area (Å²) in [6.45, 7) is 9.27. The van der Waals surface area contributed by atoms with Crippen LogP contribution in [0.15, 0.2) is 23.1 Å². The van der Waals surface area contributed by atoms with E-state index in [0.717, 1.165) is 22.8 Å². The molecule has 0 fully saturated rings. The normalized spacial score (nSPS) is 11.6. The largest absolute Gasteiger partial charge is 0.277 e. The molecule has 23 heavy (non-hydrogen) atoms. The van der Waals surface area contributed by atoms with Crippen molar-refractivity contribution in [2.75, 3.05) is 4.72 Å². The Labute approximate surface area is 141 Å². The Morgan fingerprint density at radius 2 is 1.39 bits per heavy atom. The molecule has 0 spiro atoms. The molecular weight excluding hydrogens is 337 g/mol. The summed E-state index contributed by atoms with van der Waals surface area (Å²) in [7, 11) is -3.90. The second-order valence-electron chi connectivity index (χ2n) is 5.68. The molecule has 2 aromatic rings. The third kappa shape index (κ3) is 3.21. The second kappa shape index (κ2) is 6.13. The van der Waals surface area contributed by atoms with Gasteiger partial charge in [-0.15, -0.1) is 0 Å². The van der Waals surface area contributed by atoms with Crippen LogP contribution in [0.25, 0.3) is 0 Å². The van der Waals surface area contributed by atoms with Crippen LogP contribution in [0.2, 0.25) is 5.02 Å². The zero-order chi connectivity index (χ0) is 17.5. The summed E-state index contributed by atoms with van der Waals surface area (Å²) in [4.78, 5) is 0.201. The topological polar surface area (TPSA) is 46.2 Å². The molecule has 0 aliphatic heterocycles. The fourth-order valence-corrected chi connectivity index (χ4v) is 4.47. The molecule has 0 heterocycles. The van der Waals surface area contributed by atoms with E-state index in [2.05, 4.69) is 4.72 Å². The van der Waals surface area contributed by atoms with E-state index in [9.17, 15) is 12.8 Å². The summed E-state index contributed by atoms with van der Waals surface area (Å²) < 4.78 is 41.8. The summed E-state index contributed by atoms with van der Waals surface area (Å²) >= 11 is 5.70. The van der Waals surface area contributed by atoms with Gasteiger partial charge in [-0.1, -0.05) is 11.6 Å². The van der Waals surface area contributed by atoms with E-state index in [1.807, 2.05) is 20.8 Å². The molecule has 0 atom stereocenters. The van der Waals surface area contributed by atoms with E-state index in [4.69, 9.17) is 11.6 Å². The van der Waals surface area contributed by atoms with Crippen molar-refractivity contribution in [1.82, 2.24) is 0 Å². The van der Waals surface area contributed by atoms with Crippen LogP contribution in [0.1, 0.15) is 27.8 Å². The number of halogens is 2. The van der Waals surface area contributed by atoms with E-state index in [1.165, 1.54) is 12.1 Å². The van der Waals surface area contributed by atoms with Crippen LogP contribution < -0.4 is 4.72 Å². The average Bonchev–Trinajstić information content (AvgIpc) is 2.46. The van der Waals surface area contributed by atoms with E-state index < -0.39 is 15.8 Å². The smallest absolute Gasteiger partial charge is 0.262 e. The Morgan fingerprint density at radius 1 is 0.913 bits per heavy atom. The zero-order valence-electron chi connectivity index (χ0n) is 13.7. The molecular formula is C17H19ClFNO2S. The van der Waals surface area contributed by atoms with Gasteiger partial charge in [0.1, 0.15) is 5.82 Å². The maximum Gasteiger partial charge on any atom is 0.262 e. The Balaban J connectivity index is 2.61. The SMILES string of the molecule is Cc1c(C)c(C)c(S(=O)(=O)Nc2ccc(Cl)cc2F)c(C)c1C. The first-order chi connectivity index (χ1) is 10.6. The van der Waals surface area contributed by atoms with Gasteiger partial charge in [0.25, 0.3) is 10.0 Å². The van der Waals surface area contributed by atoms with Crippen LogP contribution in [0.4, 0.5) is 10.1 Å². The lowest BCUT2D eigenvalue weighted by atomic mass is 9.95. The quantitative estimate of drug-likeness (QED) is 0.857. The molecule has 0 aliphatic rings. The third-order valence-corrected chi connectivity index (χ3v) is 6.25. The molecule has 0 bridgehead atoms. The fraction of sp³-hybridized carbons (Fsp3) is 0.294. The number of hydrogen-bond acceptors (Lipinski definition) is 2. The van der Waals surface area contributed by atoms with Gasteiger partial charge in [-0.3, -0.25) is 4.72 Å². The van der Waals surface area contributed by atoms with E-state index in [-0.39, 0.29) is 15.6 Å². The maximum absolute atomic E-state index is 13.9. The molecule has 2 aromatic carbocycles. The number of hydrogen-bond donors (Lipinski definition) is 1. The second-order valence-corrected chi connectivity index (χ2v) is 7.74. The molecule has 0 unspecified atom stereocenters. The highest BCUT2D eigenvalue weighted by Crippen LogP contribution is 2.31. The maximum atomic E-state index is 13.9. The predicted octanol–water partition coefficient (Wildman–Crippen LogP) is 4.82. The number of sulfonamides is 1. The first-order valence-electron chi connectivity index (χ1n) is 7.11. The van der Waals surface area contributed by atoms with Gasteiger partial charge in [-0.25, -0.2) is 12.8 Å². The predicted molar refractivity (Wildman–Crippen MR) is 92.3 cm³/mol. The van der Waals surface area contributed by atoms with Crippen LogP contribution >= 0.6 is 11.6 Å². The summed E-state index contributed by atoms with van der Waals surface area (Å²) in [6, 6.07) is 3.83. The molecule has 0 aliphatic carbocycles. The van der Waals surface area contributed by atoms with Crippen LogP contribution in [0.5, 0.6) is 0 Å². The molecule has 2 rings (SSSR count). The molecule has 1 N–H and O–H groups in total. The minimum absolute atomic E-state index is 0.121. The first-order valence-corrected chi connectivity index (χ1v) is 8.97. The molecule has 6 heteroatoms. The number of benzene rings is 2. The van der Waals surface area contributed by atoms with Crippen molar-refractivity contribution in [1.29, 1.82) is 0 Å². The minimum atomic E-state index is -3.90. The van der Waals surface area contributed by atoms with Crippen LogP contribution in [-0.2, 0) is 10.0 Å². The summed E-state index contributed by atoms with van der Waals surface area (Å²) in [5, 5.41) is 0.208. The number of nitrogens with one attached hydrogen (secondary N) is 1. The minimum Gasteiger partial charge on any atom is -0.277 e. The van der Waals surface area contributed by atoms with Gasteiger partial charge in [-0.05, 0) is 80.6 Å². The standard InChI is InChI=1S/C17H19ClFNO2S/c1-9-10(2)12(4)17(13(5)11(9)3)23(21,22)20-16-7-6-14(18)8-15(16)19/h6-8,20H,1-5H3. The molecule has 124 valence electrons. The van der Waals surface area contributed by atoms with Crippen molar-refractivity contribution >= 4 is 27.3 Å². The zero-order valence-corrected chi connectivity index (χ0v) is 15.3. The van der Waals surface area contributed by atoms with Crippen molar-refractivity contribution in [3.63, 3.8) is 0 Å². The number of rotatable bonds is 3. The monoisotopic (exact) mass is 355 g/mol. The number of anilines is 1. The lowest BCUT2D eigenvalue weighted by Gasteiger charge is -2.19. The van der Waals surface area contributed by atoms with Crippen LogP contribution in [-0.4, -0.2) is 8.42 Å². The van der Waals surface area contributed by atoms with Crippen LogP contribution in [0.3, 0.4) is 0 Å². The van der Waals surface area contributed by atoms with Crippen LogP contribution in [0, 0.1) is 40.4 Å². The van der Waals surface area contributed by atoms with Gasteiger partial charge in [0.2, 0.25) is 0 Å². The van der Waals surface area contributed by atoms with Crippen molar-refractivity contribution in [3.8, 4) is 0 Å². The average molecular weight is 356 g/mol. The summed E-state index contributed by atoms with van der Waals surface area (Å²) in [6.07, 6.45) is 0. The molecule has 0 saturated carbocycles. The van der Waals surface area contributed by atoms with E-state index >= 15 is 0 Å².